The Morgan fingerprint density at radius 3 is 2.82 bits per heavy atom. The molecule has 2 rings (SSSR count). The van der Waals surface area contributed by atoms with Gasteiger partial charge in [0.2, 0.25) is 0 Å². The molecule has 2 fully saturated rings. The van der Waals surface area contributed by atoms with E-state index in [0.29, 0.717) is 26.3 Å². The van der Waals surface area contributed by atoms with Crippen LogP contribution in [-0.2, 0) is 9.47 Å². The third kappa shape index (κ3) is 3.10. The number of rotatable bonds is 0. The molecule has 2 saturated heterocycles. The summed E-state index contributed by atoms with van der Waals surface area (Å²) >= 11 is 0. The summed E-state index contributed by atoms with van der Waals surface area (Å²) in [4.78, 5) is 13.6. The molecule has 0 N–H and O–H groups in total. The topological polar surface area (TPSA) is 52.9 Å². The first-order valence-corrected chi connectivity index (χ1v) is 6.15. The monoisotopic (exact) mass is 241 g/mol. The zero-order valence-electron chi connectivity index (χ0n) is 10.9. The smallest absolute Gasteiger partial charge is 0.410 e. The maximum Gasteiger partial charge on any atom is 0.410 e. The lowest BCUT2D eigenvalue weighted by atomic mass is 9.99. The minimum atomic E-state index is -0.437. The Kier molecular flexibility index (Phi) is 3.32. The first kappa shape index (κ1) is 12.6. The number of ether oxygens (including phenoxy) is 2. The largest absolute Gasteiger partial charge is 0.652 e. The quantitative estimate of drug-likeness (QED) is 0.649. The van der Waals surface area contributed by atoms with Gasteiger partial charge in [-0.15, -0.1) is 6.54 Å². The van der Waals surface area contributed by atoms with E-state index in [1.165, 1.54) is 0 Å². The molecule has 0 aromatic rings. The molecule has 1 spiro atoms. The lowest BCUT2D eigenvalue weighted by Gasteiger charge is -2.47. The van der Waals surface area contributed by atoms with Gasteiger partial charge < -0.3 is 19.7 Å². The summed E-state index contributed by atoms with van der Waals surface area (Å²) in [5, 5.41) is 4.62. The van der Waals surface area contributed by atoms with Crippen molar-refractivity contribution in [2.75, 3.05) is 32.8 Å². The third-order valence-corrected chi connectivity index (χ3v) is 3.04. The average molecular weight is 241 g/mol. The second kappa shape index (κ2) is 4.46. The van der Waals surface area contributed by atoms with Crippen molar-refractivity contribution in [3.63, 3.8) is 0 Å². The van der Waals surface area contributed by atoms with Gasteiger partial charge in [-0.05, 0) is 27.2 Å². The van der Waals surface area contributed by atoms with Crippen molar-refractivity contribution >= 4 is 6.09 Å². The molecule has 2 aliphatic heterocycles. The van der Waals surface area contributed by atoms with Crippen LogP contribution in [0.2, 0.25) is 0 Å². The highest BCUT2D eigenvalue weighted by atomic mass is 16.6. The molecule has 1 atom stereocenters. The summed E-state index contributed by atoms with van der Waals surface area (Å²) in [6.45, 7) is 9.05. The van der Waals surface area contributed by atoms with Crippen molar-refractivity contribution in [3.8, 4) is 0 Å². The molecular formula is C12H21N2O3-. The van der Waals surface area contributed by atoms with Crippen LogP contribution in [0.15, 0.2) is 0 Å². The summed E-state index contributed by atoms with van der Waals surface area (Å²) in [5.74, 6) is 0. The van der Waals surface area contributed by atoms with Gasteiger partial charge in [-0.25, -0.2) is 4.79 Å². The van der Waals surface area contributed by atoms with E-state index in [1.807, 2.05) is 20.8 Å². The lowest BCUT2D eigenvalue weighted by Crippen LogP contribution is -2.43. The van der Waals surface area contributed by atoms with Crippen LogP contribution in [-0.4, -0.2) is 55.0 Å². The highest BCUT2D eigenvalue weighted by Crippen LogP contribution is 2.32. The number of amides is 1. The summed E-state index contributed by atoms with van der Waals surface area (Å²) in [5.41, 5.74) is -0.609. The first-order valence-electron chi connectivity index (χ1n) is 6.15. The van der Waals surface area contributed by atoms with E-state index in [0.717, 1.165) is 13.0 Å². The standard InChI is InChI=1S/C12H21N2O3/c1-11(2,3)17-10(15)14-6-4-12(8-14)9-16-7-5-13-12/h4-9H2,1-3H3/q-1/t12-/m0/s1. The number of likely N-dealkylation sites (tertiary alicyclic amines) is 1. The zero-order chi connectivity index (χ0) is 12.5. The number of carbonyl (C=O) groups is 1. The molecule has 0 aliphatic carbocycles. The van der Waals surface area contributed by atoms with Gasteiger partial charge >= 0.3 is 6.09 Å². The SMILES string of the molecule is CC(C)(C)OC(=O)N1CC[C@@]2(COCC[N-]2)C1. The van der Waals surface area contributed by atoms with Crippen LogP contribution in [0.3, 0.4) is 0 Å². The normalized spacial score (nSPS) is 29.7. The molecule has 0 aromatic heterocycles. The molecule has 5 nitrogen and oxygen atoms in total. The summed E-state index contributed by atoms with van der Waals surface area (Å²) in [6, 6.07) is 0. The highest BCUT2D eigenvalue weighted by molar-refractivity contribution is 5.69. The maximum absolute atomic E-state index is 11.9. The van der Waals surface area contributed by atoms with E-state index in [9.17, 15) is 4.79 Å². The van der Waals surface area contributed by atoms with Gasteiger partial charge in [0.1, 0.15) is 5.60 Å². The fourth-order valence-corrected chi connectivity index (χ4v) is 2.24. The van der Waals surface area contributed by atoms with Gasteiger partial charge in [-0.1, -0.05) is 5.54 Å². The number of carbonyl (C=O) groups excluding carboxylic acids is 1. The zero-order valence-corrected chi connectivity index (χ0v) is 10.9. The first-order chi connectivity index (χ1) is 7.90. The number of morpholine rings is 1. The molecule has 0 saturated carbocycles. The van der Waals surface area contributed by atoms with Crippen LogP contribution < -0.4 is 0 Å². The Labute approximate surface area is 102 Å². The van der Waals surface area contributed by atoms with Crippen LogP contribution in [0.5, 0.6) is 0 Å². The molecule has 0 radical (unpaired) electrons. The Morgan fingerprint density at radius 2 is 2.24 bits per heavy atom. The van der Waals surface area contributed by atoms with E-state index < -0.39 is 5.60 Å². The van der Waals surface area contributed by atoms with Gasteiger partial charge in [0.05, 0.1) is 0 Å². The van der Waals surface area contributed by atoms with Crippen molar-refractivity contribution in [2.24, 2.45) is 0 Å². The predicted molar refractivity (Wildman–Crippen MR) is 64.2 cm³/mol. The second-order valence-electron chi connectivity index (χ2n) is 5.81. The molecule has 17 heavy (non-hydrogen) atoms. The average Bonchev–Trinajstić information content (AvgIpc) is 2.61. The van der Waals surface area contributed by atoms with Crippen molar-refractivity contribution in [2.45, 2.75) is 38.3 Å². The Morgan fingerprint density at radius 1 is 1.47 bits per heavy atom. The van der Waals surface area contributed by atoms with E-state index >= 15 is 0 Å². The minimum Gasteiger partial charge on any atom is -0.652 e. The molecule has 2 aliphatic rings. The Bertz CT molecular complexity index is 293. The van der Waals surface area contributed by atoms with E-state index in [-0.39, 0.29) is 11.6 Å². The summed E-state index contributed by atoms with van der Waals surface area (Å²) < 4.78 is 10.8. The van der Waals surface area contributed by atoms with Crippen LogP contribution in [0.25, 0.3) is 5.32 Å². The van der Waals surface area contributed by atoms with Gasteiger partial charge in [0.25, 0.3) is 0 Å². The fourth-order valence-electron chi connectivity index (χ4n) is 2.24. The van der Waals surface area contributed by atoms with Crippen molar-refractivity contribution in [3.05, 3.63) is 5.32 Å². The molecule has 5 heteroatoms. The Hall–Kier alpha value is -0.810. The van der Waals surface area contributed by atoms with E-state index in [2.05, 4.69) is 5.32 Å². The van der Waals surface area contributed by atoms with E-state index in [1.54, 1.807) is 4.90 Å². The van der Waals surface area contributed by atoms with E-state index in [4.69, 9.17) is 9.47 Å². The van der Waals surface area contributed by atoms with Gasteiger partial charge in [-0.2, -0.15) is 0 Å². The predicted octanol–water partition coefficient (Wildman–Crippen LogP) is 1.77. The molecular weight excluding hydrogens is 220 g/mol. The molecule has 98 valence electrons. The summed E-state index contributed by atoms with van der Waals surface area (Å²) in [6.07, 6.45) is 0.641. The summed E-state index contributed by atoms with van der Waals surface area (Å²) in [7, 11) is 0. The second-order valence-corrected chi connectivity index (χ2v) is 5.81. The van der Waals surface area contributed by atoms with Crippen LogP contribution in [0.4, 0.5) is 4.79 Å². The highest BCUT2D eigenvalue weighted by Gasteiger charge is 2.35. The van der Waals surface area contributed by atoms with Crippen LogP contribution in [0, 0.1) is 0 Å². The molecule has 2 heterocycles. The molecule has 0 bridgehead atoms. The molecule has 0 aromatic carbocycles. The van der Waals surface area contributed by atoms with Gasteiger partial charge in [0.15, 0.2) is 0 Å². The van der Waals surface area contributed by atoms with Crippen molar-refractivity contribution in [1.82, 2.24) is 4.90 Å². The number of hydrogen-bond donors (Lipinski definition) is 0. The lowest BCUT2D eigenvalue weighted by molar-refractivity contribution is 0.0261. The molecule has 1 amide bonds. The van der Waals surface area contributed by atoms with Crippen LogP contribution >= 0.6 is 0 Å². The molecule has 0 unspecified atom stereocenters. The van der Waals surface area contributed by atoms with Crippen molar-refractivity contribution < 1.29 is 14.3 Å². The third-order valence-electron chi connectivity index (χ3n) is 3.04. The van der Waals surface area contributed by atoms with Crippen LogP contribution in [0.1, 0.15) is 27.2 Å². The van der Waals surface area contributed by atoms with Crippen molar-refractivity contribution in [1.29, 1.82) is 0 Å². The van der Waals surface area contributed by atoms with Gasteiger partial charge in [-0.3, -0.25) is 0 Å². The van der Waals surface area contributed by atoms with Gasteiger partial charge in [0, 0.05) is 26.3 Å². The number of nitrogens with zero attached hydrogens (tertiary/aromatic N) is 2. The maximum atomic E-state index is 11.9. The Balaban J connectivity index is 1.91. The minimum absolute atomic E-state index is 0.171. The number of hydrogen-bond acceptors (Lipinski definition) is 3. The fraction of sp³-hybridized carbons (Fsp3) is 0.917.